The van der Waals surface area contributed by atoms with Crippen LogP contribution in [0.1, 0.15) is 31.1 Å². The molecule has 0 unspecified atom stereocenters. The number of oxazole rings is 1. The fourth-order valence-corrected chi connectivity index (χ4v) is 2.02. The van der Waals surface area contributed by atoms with Crippen LogP contribution in [-0.4, -0.2) is 19.1 Å². The lowest BCUT2D eigenvalue weighted by Gasteiger charge is -2.11. The van der Waals surface area contributed by atoms with Crippen molar-refractivity contribution in [1.29, 1.82) is 0 Å². The minimum absolute atomic E-state index is 0.467. The molecule has 0 atom stereocenters. The van der Waals surface area contributed by atoms with Crippen LogP contribution in [0.3, 0.4) is 0 Å². The van der Waals surface area contributed by atoms with Crippen molar-refractivity contribution in [1.82, 2.24) is 4.98 Å². The van der Waals surface area contributed by atoms with E-state index in [4.69, 9.17) is 9.15 Å². The van der Waals surface area contributed by atoms with Gasteiger partial charge in [-0.2, -0.15) is 4.98 Å². The Morgan fingerprint density at radius 1 is 1.32 bits per heavy atom. The maximum Gasteiger partial charge on any atom is 0.295 e. The number of hydrogen-bond donors (Lipinski definition) is 1. The SMILES string of the molecule is CNc1nc(-c2ccc(C(C)C)cc2OC)c(C)o1. The molecule has 0 saturated carbocycles. The molecule has 0 fully saturated rings. The van der Waals surface area contributed by atoms with Crippen molar-refractivity contribution in [2.24, 2.45) is 0 Å². The number of benzene rings is 1. The third-order valence-electron chi connectivity index (χ3n) is 3.16. The van der Waals surface area contributed by atoms with Crippen LogP contribution in [0, 0.1) is 6.92 Å². The van der Waals surface area contributed by atoms with Crippen molar-refractivity contribution in [3.05, 3.63) is 29.5 Å². The molecule has 2 rings (SSSR count). The van der Waals surface area contributed by atoms with Crippen molar-refractivity contribution in [3.8, 4) is 17.0 Å². The molecule has 102 valence electrons. The molecule has 0 bridgehead atoms. The van der Waals surface area contributed by atoms with Crippen LogP contribution in [0.25, 0.3) is 11.3 Å². The third kappa shape index (κ3) is 2.57. The molecule has 0 radical (unpaired) electrons. The first-order valence-electron chi connectivity index (χ1n) is 6.40. The van der Waals surface area contributed by atoms with Gasteiger partial charge in [0, 0.05) is 12.6 Å². The van der Waals surface area contributed by atoms with E-state index >= 15 is 0 Å². The van der Waals surface area contributed by atoms with Crippen LogP contribution in [0.4, 0.5) is 6.01 Å². The van der Waals surface area contributed by atoms with Gasteiger partial charge in [-0.15, -0.1) is 0 Å². The number of nitrogens with one attached hydrogen (secondary N) is 1. The van der Waals surface area contributed by atoms with E-state index in [2.05, 4.69) is 36.3 Å². The summed E-state index contributed by atoms with van der Waals surface area (Å²) in [6, 6.07) is 6.73. The van der Waals surface area contributed by atoms with Crippen molar-refractivity contribution in [3.63, 3.8) is 0 Å². The van der Waals surface area contributed by atoms with Crippen LogP contribution in [0.15, 0.2) is 22.6 Å². The monoisotopic (exact) mass is 260 g/mol. The topological polar surface area (TPSA) is 47.3 Å². The van der Waals surface area contributed by atoms with Gasteiger partial charge in [-0.3, -0.25) is 0 Å². The fourth-order valence-electron chi connectivity index (χ4n) is 2.02. The molecular formula is C15H20N2O2. The van der Waals surface area contributed by atoms with Crippen LogP contribution >= 0.6 is 0 Å². The van der Waals surface area contributed by atoms with Gasteiger partial charge in [-0.25, -0.2) is 0 Å². The summed E-state index contributed by atoms with van der Waals surface area (Å²) in [5.41, 5.74) is 3.02. The van der Waals surface area contributed by atoms with Gasteiger partial charge in [0.15, 0.2) is 0 Å². The zero-order valence-corrected chi connectivity index (χ0v) is 12.1. The molecule has 0 aliphatic heterocycles. The van der Waals surface area contributed by atoms with Gasteiger partial charge in [-0.05, 0) is 30.5 Å². The molecule has 1 aromatic heterocycles. The fraction of sp³-hybridized carbons (Fsp3) is 0.400. The number of nitrogens with zero attached hydrogens (tertiary/aromatic N) is 1. The van der Waals surface area contributed by atoms with Crippen LogP contribution in [0.2, 0.25) is 0 Å². The highest BCUT2D eigenvalue weighted by Gasteiger charge is 2.16. The number of aryl methyl sites for hydroxylation is 1. The zero-order valence-electron chi connectivity index (χ0n) is 12.1. The van der Waals surface area contributed by atoms with Gasteiger partial charge in [0.25, 0.3) is 6.01 Å². The third-order valence-corrected chi connectivity index (χ3v) is 3.16. The molecule has 0 spiro atoms. The van der Waals surface area contributed by atoms with E-state index in [9.17, 15) is 0 Å². The molecule has 0 aliphatic rings. The van der Waals surface area contributed by atoms with E-state index in [0.717, 1.165) is 22.8 Å². The Bertz CT molecular complexity index is 574. The predicted molar refractivity (Wildman–Crippen MR) is 76.9 cm³/mol. The summed E-state index contributed by atoms with van der Waals surface area (Å²) in [7, 11) is 3.46. The van der Waals surface area contributed by atoms with Gasteiger partial charge in [0.1, 0.15) is 17.2 Å². The number of aromatic nitrogens is 1. The summed E-state index contributed by atoms with van der Waals surface area (Å²) < 4.78 is 11.0. The first-order valence-corrected chi connectivity index (χ1v) is 6.40. The Morgan fingerprint density at radius 3 is 2.58 bits per heavy atom. The second-order valence-corrected chi connectivity index (χ2v) is 4.79. The van der Waals surface area contributed by atoms with Crippen molar-refractivity contribution < 1.29 is 9.15 Å². The van der Waals surface area contributed by atoms with Crippen LogP contribution < -0.4 is 10.1 Å². The Balaban J connectivity index is 2.52. The number of anilines is 1. The highest BCUT2D eigenvalue weighted by atomic mass is 16.5. The van der Waals surface area contributed by atoms with E-state index in [1.54, 1.807) is 14.2 Å². The summed E-state index contributed by atoms with van der Waals surface area (Å²) in [4.78, 5) is 4.42. The summed E-state index contributed by atoms with van der Waals surface area (Å²) in [6.07, 6.45) is 0. The highest BCUT2D eigenvalue weighted by Crippen LogP contribution is 2.35. The molecule has 1 N–H and O–H groups in total. The molecule has 1 aromatic carbocycles. The minimum Gasteiger partial charge on any atom is -0.496 e. The van der Waals surface area contributed by atoms with Crippen molar-refractivity contribution in [2.75, 3.05) is 19.5 Å². The number of hydrogen-bond acceptors (Lipinski definition) is 4. The normalized spacial score (nSPS) is 10.8. The minimum atomic E-state index is 0.467. The van der Waals surface area contributed by atoms with E-state index in [1.807, 2.05) is 13.0 Å². The molecule has 4 heteroatoms. The van der Waals surface area contributed by atoms with Gasteiger partial charge < -0.3 is 14.5 Å². The maximum atomic E-state index is 5.52. The van der Waals surface area contributed by atoms with E-state index in [0.29, 0.717) is 11.9 Å². The molecule has 19 heavy (non-hydrogen) atoms. The quantitative estimate of drug-likeness (QED) is 0.907. The number of ether oxygens (including phenoxy) is 1. The molecule has 0 saturated heterocycles. The second-order valence-electron chi connectivity index (χ2n) is 4.79. The number of rotatable bonds is 4. The van der Waals surface area contributed by atoms with Crippen LogP contribution in [0.5, 0.6) is 5.75 Å². The Kier molecular flexibility index (Phi) is 3.79. The molecular weight excluding hydrogens is 240 g/mol. The summed E-state index contributed by atoms with van der Waals surface area (Å²) >= 11 is 0. The lowest BCUT2D eigenvalue weighted by Crippen LogP contribution is -1.94. The Hall–Kier alpha value is -1.97. The molecule has 4 nitrogen and oxygen atoms in total. The smallest absolute Gasteiger partial charge is 0.295 e. The van der Waals surface area contributed by atoms with E-state index in [1.165, 1.54) is 5.56 Å². The first-order chi connectivity index (χ1) is 9.06. The largest absolute Gasteiger partial charge is 0.496 e. The molecule has 1 heterocycles. The molecule has 0 aliphatic carbocycles. The maximum absolute atomic E-state index is 5.52. The lowest BCUT2D eigenvalue weighted by atomic mass is 9.99. The summed E-state index contributed by atoms with van der Waals surface area (Å²) in [5.74, 6) is 2.07. The second kappa shape index (κ2) is 5.34. The van der Waals surface area contributed by atoms with Gasteiger partial charge >= 0.3 is 0 Å². The van der Waals surface area contributed by atoms with E-state index < -0.39 is 0 Å². The molecule has 0 amide bonds. The average Bonchev–Trinajstić information content (AvgIpc) is 2.79. The Morgan fingerprint density at radius 2 is 2.05 bits per heavy atom. The van der Waals surface area contributed by atoms with Crippen molar-refractivity contribution >= 4 is 6.01 Å². The van der Waals surface area contributed by atoms with Gasteiger partial charge in [0.2, 0.25) is 0 Å². The van der Waals surface area contributed by atoms with E-state index in [-0.39, 0.29) is 0 Å². The summed E-state index contributed by atoms with van der Waals surface area (Å²) in [5, 5.41) is 2.91. The Labute approximate surface area is 113 Å². The summed E-state index contributed by atoms with van der Waals surface area (Å²) in [6.45, 7) is 6.22. The predicted octanol–water partition coefficient (Wildman–Crippen LogP) is 3.82. The van der Waals surface area contributed by atoms with Crippen molar-refractivity contribution in [2.45, 2.75) is 26.7 Å². The van der Waals surface area contributed by atoms with Gasteiger partial charge in [0.05, 0.1) is 7.11 Å². The van der Waals surface area contributed by atoms with Crippen LogP contribution in [-0.2, 0) is 0 Å². The lowest BCUT2D eigenvalue weighted by molar-refractivity contribution is 0.415. The highest BCUT2D eigenvalue weighted by molar-refractivity contribution is 5.70. The van der Waals surface area contributed by atoms with Gasteiger partial charge in [-0.1, -0.05) is 19.9 Å². The zero-order chi connectivity index (χ0) is 14.0. The first kappa shape index (κ1) is 13.5. The average molecular weight is 260 g/mol. The molecule has 2 aromatic rings. The standard InChI is InChI=1S/C15H20N2O2/c1-9(2)11-6-7-12(13(8-11)18-5)14-10(3)19-15(16-4)17-14/h6-9H,1-5H3,(H,16,17). The number of methoxy groups -OCH3 is 1.